The second kappa shape index (κ2) is 8.22. The summed E-state index contributed by atoms with van der Waals surface area (Å²) in [4.78, 5) is 15.6. The van der Waals surface area contributed by atoms with Crippen LogP contribution in [0.4, 0.5) is 20.2 Å². The standard InChI is InChI=1S/C20H17F2N3O3S/c21-14-6-7-18(17(22)10-14)23-20-24(11-16-5-2-8-28-16)19(12-29-20)13-3-1-4-15(9-13)25(26)27/h1,3-4,6-7,9-10,12,16H,2,5,8,11H2. The molecule has 3 aromatic rings. The van der Waals surface area contributed by atoms with Gasteiger partial charge in [-0.05, 0) is 25.0 Å². The van der Waals surface area contributed by atoms with Crippen molar-refractivity contribution in [2.24, 2.45) is 4.99 Å². The molecule has 0 amide bonds. The van der Waals surface area contributed by atoms with Gasteiger partial charge in [0.25, 0.3) is 5.69 Å². The summed E-state index contributed by atoms with van der Waals surface area (Å²) in [5, 5.41) is 13.0. The maximum absolute atomic E-state index is 14.1. The number of aromatic nitrogens is 1. The Bertz CT molecular complexity index is 1120. The summed E-state index contributed by atoms with van der Waals surface area (Å²) in [5.41, 5.74) is 1.41. The van der Waals surface area contributed by atoms with E-state index in [1.165, 1.54) is 29.5 Å². The summed E-state index contributed by atoms with van der Waals surface area (Å²) >= 11 is 1.29. The Hall–Kier alpha value is -2.91. The second-order valence-electron chi connectivity index (χ2n) is 6.66. The molecular weight excluding hydrogens is 400 g/mol. The summed E-state index contributed by atoms with van der Waals surface area (Å²) < 4.78 is 34.9. The summed E-state index contributed by atoms with van der Waals surface area (Å²) in [7, 11) is 0. The molecule has 0 saturated carbocycles. The van der Waals surface area contributed by atoms with Crippen molar-refractivity contribution in [2.45, 2.75) is 25.5 Å². The van der Waals surface area contributed by atoms with Crippen molar-refractivity contribution in [3.8, 4) is 11.3 Å². The minimum Gasteiger partial charge on any atom is -0.376 e. The molecule has 0 N–H and O–H groups in total. The maximum atomic E-state index is 14.1. The number of hydrogen-bond donors (Lipinski definition) is 0. The van der Waals surface area contributed by atoms with Crippen LogP contribution in [0.1, 0.15) is 12.8 Å². The Balaban J connectivity index is 1.82. The van der Waals surface area contributed by atoms with E-state index in [9.17, 15) is 18.9 Å². The van der Waals surface area contributed by atoms with Crippen LogP contribution in [0.15, 0.2) is 52.8 Å². The zero-order valence-corrected chi connectivity index (χ0v) is 16.1. The van der Waals surface area contributed by atoms with E-state index in [4.69, 9.17) is 4.74 Å². The second-order valence-corrected chi connectivity index (χ2v) is 7.50. The Labute approximate surface area is 168 Å². The van der Waals surface area contributed by atoms with Crippen molar-refractivity contribution in [2.75, 3.05) is 6.61 Å². The number of rotatable bonds is 5. The van der Waals surface area contributed by atoms with E-state index in [1.54, 1.807) is 12.1 Å². The van der Waals surface area contributed by atoms with E-state index < -0.39 is 16.6 Å². The average Bonchev–Trinajstić information content (AvgIpc) is 3.35. The molecule has 1 aliphatic heterocycles. The van der Waals surface area contributed by atoms with Crippen molar-refractivity contribution in [3.63, 3.8) is 0 Å². The first-order chi connectivity index (χ1) is 14.0. The predicted molar refractivity (Wildman–Crippen MR) is 105 cm³/mol. The first-order valence-corrected chi connectivity index (χ1v) is 9.94. The zero-order valence-electron chi connectivity index (χ0n) is 15.3. The SMILES string of the molecule is O=[N+]([O-])c1cccc(-c2csc(=Nc3ccc(F)cc3F)n2CC2CCCO2)c1. The third-order valence-corrected chi connectivity index (χ3v) is 5.55. The average molecular weight is 417 g/mol. The Morgan fingerprint density at radius 1 is 1.28 bits per heavy atom. The van der Waals surface area contributed by atoms with Crippen LogP contribution in [0.2, 0.25) is 0 Å². The number of hydrogen-bond acceptors (Lipinski definition) is 5. The van der Waals surface area contributed by atoms with Crippen molar-refractivity contribution in [3.05, 3.63) is 74.4 Å². The highest BCUT2D eigenvalue weighted by Gasteiger charge is 2.20. The molecule has 0 bridgehead atoms. The summed E-state index contributed by atoms with van der Waals surface area (Å²) in [5.74, 6) is -1.42. The molecular formula is C20H17F2N3O3S. The van der Waals surface area contributed by atoms with Crippen LogP contribution in [0, 0.1) is 21.7 Å². The van der Waals surface area contributed by atoms with E-state index in [-0.39, 0.29) is 17.5 Å². The normalized spacial score (nSPS) is 17.0. The lowest BCUT2D eigenvalue weighted by molar-refractivity contribution is -0.384. The van der Waals surface area contributed by atoms with Crippen LogP contribution < -0.4 is 4.80 Å². The van der Waals surface area contributed by atoms with Crippen LogP contribution >= 0.6 is 11.3 Å². The Morgan fingerprint density at radius 2 is 2.14 bits per heavy atom. The molecule has 2 heterocycles. The van der Waals surface area contributed by atoms with Gasteiger partial charge in [-0.2, -0.15) is 0 Å². The van der Waals surface area contributed by atoms with E-state index in [2.05, 4.69) is 4.99 Å². The number of halogens is 2. The van der Waals surface area contributed by atoms with Crippen molar-refractivity contribution >= 4 is 22.7 Å². The molecule has 1 unspecified atom stereocenters. The maximum Gasteiger partial charge on any atom is 0.270 e. The number of nitrogens with zero attached hydrogens (tertiary/aromatic N) is 3. The molecule has 0 radical (unpaired) electrons. The van der Waals surface area contributed by atoms with E-state index >= 15 is 0 Å². The molecule has 1 aliphatic rings. The summed E-state index contributed by atoms with van der Waals surface area (Å²) in [6.45, 7) is 1.17. The van der Waals surface area contributed by atoms with Gasteiger partial charge in [-0.25, -0.2) is 13.8 Å². The van der Waals surface area contributed by atoms with Gasteiger partial charge < -0.3 is 9.30 Å². The third-order valence-electron chi connectivity index (χ3n) is 4.69. The number of thiazole rings is 1. The lowest BCUT2D eigenvalue weighted by atomic mass is 10.1. The van der Waals surface area contributed by atoms with Gasteiger partial charge >= 0.3 is 0 Å². The van der Waals surface area contributed by atoms with E-state index in [1.807, 2.05) is 9.95 Å². The number of non-ortho nitro benzene ring substituents is 1. The minimum absolute atomic E-state index is 0.0135. The Morgan fingerprint density at radius 3 is 2.86 bits per heavy atom. The van der Waals surface area contributed by atoms with Crippen molar-refractivity contribution in [1.82, 2.24) is 4.57 Å². The van der Waals surface area contributed by atoms with Gasteiger partial charge in [0, 0.05) is 35.7 Å². The quantitative estimate of drug-likeness (QED) is 0.442. The summed E-state index contributed by atoms with van der Waals surface area (Å²) in [6, 6.07) is 9.56. The fourth-order valence-corrected chi connectivity index (χ4v) is 4.20. The number of benzene rings is 2. The minimum atomic E-state index is -0.751. The van der Waals surface area contributed by atoms with Gasteiger partial charge in [0.05, 0.1) is 23.3 Å². The first-order valence-electron chi connectivity index (χ1n) is 9.06. The molecule has 4 rings (SSSR count). The van der Waals surface area contributed by atoms with Crippen LogP contribution in [-0.4, -0.2) is 22.2 Å². The largest absolute Gasteiger partial charge is 0.376 e. The molecule has 9 heteroatoms. The van der Waals surface area contributed by atoms with Gasteiger partial charge in [-0.3, -0.25) is 10.1 Å². The van der Waals surface area contributed by atoms with E-state index in [0.717, 1.165) is 30.7 Å². The van der Waals surface area contributed by atoms with Gasteiger partial charge in [0.15, 0.2) is 10.6 Å². The smallest absolute Gasteiger partial charge is 0.270 e. The molecule has 0 aliphatic carbocycles. The van der Waals surface area contributed by atoms with Crippen LogP contribution in [-0.2, 0) is 11.3 Å². The fourth-order valence-electron chi connectivity index (χ4n) is 3.27. The third kappa shape index (κ3) is 4.25. The number of nitro benzene ring substituents is 1. The highest BCUT2D eigenvalue weighted by molar-refractivity contribution is 7.07. The van der Waals surface area contributed by atoms with Gasteiger partial charge in [-0.1, -0.05) is 12.1 Å². The molecule has 1 atom stereocenters. The highest BCUT2D eigenvalue weighted by atomic mass is 32.1. The molecule has 2 aromatic carbocycles. The highest BCUT2D eigenvalue weighted by Crippen LogP contribution is 2.27. The van der Waals surface area contributed by atoms with Gasteiger partial charge in [0.1, 0.15) is 11.5 Å². The first kappa shape index (κ1) is 19.4. The zero-order chi connectivity index (χ0) is 20.4. The molecule has 1 fully saturated rings. The van der Waals surface area contributed by atoms with Crippen LogP contribution in [0.25, 0.3) is 11.3 Å². The molecule has 0 spiro atoms. The number of ether oxygens (including phenoxy) is 1. The molecule has 150 valence electrons. The lowest BCUT2D eigenvalue weighted by Gasteiger charge is -2.14. The topological polar surface area (TPSA) is 69.7 Å². The fraction of sp³-hybridized carbons (Fsp3) is 0.250. The summed E-state index contributed by atoms with van der Waals surface area (Å²) in [6.07, 6.45) is 1.83. The van der Waals surface area contributed by atoms with Crippen LogP contribution in [0.5, 0.6) is 0 Å². The monoisotopic (exact) mass is 417 g/mol. The molecule has 1 aromatic heterocycles. The van der Waals surface area contributed by atoms with Crippen LogP contribution in [0.3, 0.4) is 0 Å². The lowest BCUT2D eigenvalue weighted by Crippen LogP contribution is -2.24. The Kier molecular flexibility index (Phi) is 5.50. The van der Waals surface area contributed by atoms with Crippen molar-refractivity contribution < 1.29 is 18.4 Å². The molecule has 6 nitrogen and oxygen atoms in total. The number of nitro groups is 1. The van der Waals surface area contributed by atoms with Crippen molar-refractivity contribution in [1.29, 1.82) is 0 Å². The van der Waals surface area contributed by atoms with E-state index in [0.29, 0.717) is 23.5 Å². The van der Waals surface area contributed by atoms with Gasteiger partial charge in [0.2, 0.25) is 0 Å². The predicted octanol–water partition coefficient (Wildman–Crippen LogP) is 4.81. The molecule has 29 heavy (non-hydrogen) atoms. The van der Waals surface area contributed by atoms with Gasteiger partial charge in [-0.15, -0.1) is 11.3 Å². The molecule has 1 saturated heterocycles.